The Balaban J connectivity index is 2.25. The summed E-state index contributed by atoms with van der Waals surface area (Å²) >= 11 is 3.39. The molecule has 1 aromatic carbocycles. The van der Waals surface area contributed by atoms with Crippen LogP contribution in [0.4, 0.5) is 11.4 Å². The number of aryl methyl sites for hydroxylation is 2. The van der Waals surface area contributed by atoms with E-state index < -0.39 is 0 Å². The molecule has 0 saturated carbocycles. The Morgan fingerprint density at radius 3 is 2.63 bits per heavy atom. The minimum absolute atomic E-state index is 0.262. The number of hydrogen-bond acceptors (Lipinski definition) is 3. The highest BCUT2D eigenvalue weighted by atomic mass is 79.9. The molecule has 4 nitrogen and oxygen atoms in total. The lowest BCUT2D eigenvalue weighted by Crippen LogP contribution is -2.14. The molecule has 0 atom stereocenters. The van der Waals surface area contributed by atoms with Crippen LogP contribution >= 0.6 is 15.9 Å². The normalized spacial score (nSPS) is 10.3. The summed E-state index contributed by atoms with van der Waals surface area (Å²) in [5.41, 5.74) is 9.19. The first-order valence-electron chi connectivity index (χ1n) is 5.76. The van der Waals surface area contributed by atoms with Gasteiger partial charge in [0.15, 0.2) is 0 Å². The number of carbonyl (C=O) groups is 1. The average Bonchev–Trinajstić information content (AvgIpc) is 2.26. The van der Waals surface area contributed by atoms with E-state index in [0.29, 0.717) is 11.3 Å². The number of nitrogen functional groups attached to an aromatic ring is 1. The summed E-state index contributed by atoms with van der Waals surface area (Å²) in [4.78, 5) is 16.2. The number of pyridine rings is 1. The Morgan fingerprint density at radius 2 is 2.00 bits per heavy atom. The van der Waals surface area contributed by atoms with E-state index in [0.717, 1.165) is 21.4 Å². The SMILES string of the molecule is Cc1cc(Br)cc(NC(=O)c2cnc(C)cc2N)c1. The number of nitrogens with zero attached hydrogens (tertiary/aromatic N) is 1. The topological polar surface area (TPSA) is 68.0 Å². The van der Waals surface area contributed by atoms with E-state index in [1.807, 2.05) is 32.0 Å². The van der Waals surface area contributed by atoms with E-state index >= 15 is 0 Å². The molecule has 98 valence electrons. The molecule has 0 unspecified atom stereocenters. The van der Waals surface area contributed by atoms with E-state index in [-0.39, 0.29) is 5.91 Å². The molecule has 0 aliphatic carbocycles. The fourth-order valence-corrected chi connectivity index (χ4v) is 2.39. The number of rotatable bonds is 2. The third kappa shape index (κ3) is 3.32. The molecule has 3 N–H and O–H groups in total. The summed E-state index contributed by atoms with van der Waals surface area (Å²) in [5.74, 6) is -0.262. The molecular formula is C14H14BrN3O. The van der Waals surface area contributed by atoms with Crippen LogP contribution < -0.4 is 11.1 Å². The van der Waals surface area contributed by atoms with E-state index in [1.165, 1.54) is 6.20 Å². The zero-order valence-electron chi connectivity index (χ0n) is 10.7. The second-order valence-corrected chi connectivity index (χ2v) is 5.30. The Labute approximate surface area is 120 Å². The third-order valence-corrected chi connectivity index (χ3v) is 3.08. The van der Waals surface area contributed by atoms with Crippen molar-refractivity contribution >= 4 is 33.2 Å². The van der Waals surface area contributed by atoms with E-state index in [4.69, 9.17) is 5.73 Å². The largest absolute Gasteiger partial charge is 0.398 e. The van der Waals surface area contributed by atoms with Crippen LogP contribution in [0.2, 0.25) is 0 Å². The van der Waals surface area contributed by atoms with E-state index in [2.05, 4.69) is 26.2 Å². The van der Waals surface area contributed by atoms with Gasteiger partial charge in [0, 0.05) is 27.7 Å². The van der Waals surface area contributed by atoms with Gasteiger partial charge in [0.1, 0.15) is 0 Å². The number of carbonyl (C=O) groups excluding carboxylic acids is 1. The molecule has 0 bridgehead atoms. The number of amides is 1. The smallest absolute Gasteiger partial charge is 0.259 e. The van der Waals surface area contributed by atoms with Gasteiger partial charge in [0.25, 0.3) is 5.91 Å². The van der Waals surface area contributed by atoms with Crippen LogP contribution in [-0.2, 0) is 0 Å². The second kappa shape index (κ2) is 5.40. The lowest BCUT2D eigenvalue weighted by molar-refractivity contribution is 0.102. The summed E-state index contributed by atoms with van der Waals surface area (Å²) in [6.45, 7) is 3.79. The van der Waals surface area contributed by atoms with E-state index in [9.17, 15) is 4.79 Å². The molecular weight excluding hydrogens is 306 g/mol. The molecule has 5 heteroatoms. The minimum atomic E-state index is -0.262. The maximum atomic E-state index is 12.1. The number of halogens is 1. The lowest BCUT2D eigenvalue weighted by Gasteiger charge is -2.09. The molecule has 2 rings (SSSR count). The van der Waals surface area contributed by atoms with Crippen molar-refractivity contribution in [1.29, 1.82) is 0 Å². The summed E-state index contributed by atoms with van der Waals surface area (Å²) in [6, 6.07) is 7.38. The van der Waals surface area contributed by atoms with Gasteiger partial charge in [0.05, 0.1) is 5.56 Å². The molecule has 0 aliphatic rings. The molecule has 0 spiro atoms. The summed E-state index contributed by atoms with van der Waals surface area (Å²) in [6.07, 6.45) is 1.49. The average molecular weight is 320 g/mol. The van der Waals surface area contributed by atoms with Crippen LogP contribution in [0.25, 0.3) is 0 Å². The molecule has 0 fully saturated rings. The summed E-state index contributed by atoms with van der Waals surface area (Å²) < 4.78 is 0.915. The summed E-state index contributed by atoms with van der Waals surface area (Å²) in [7, 11) is 0. The molecule has 19 heavy (non-hydrogen) atoms. The van der Waals surface area contributed by atoms with Crippen LogP contribution in [0.5, 0.6) is 0 Å². The van der Waals surface area contributed by atoms with Crippen molar-refractivity contribution in [2.24, 2.45) is 0 Å². The molecule has 1 amide bonds. The second-order valence-electron chi connectivity index (χ2n) is 4.38. The molecule has 2 aromatic rings. The van der Waals surface area contributed by atoms with Gasteiger partial charge in [-0.1, -0.05) is 15.9 Å². The van der Waals surface area contributed by atoms with Crippen molar-refractivity contribution in [2.45, 2.75) is 13.8 Å². The Hall–Kier alpha value is -1.88. The van der Waals surface area contributed by atoms with Gasteiger partial charge in [-0.15, -0.1) is 0 Å². The van der Waals surface area contributed by atoms with Crippen molar-refractivity contribution in [3.05, 3.63) is 51.8 Å². The fraction of sp³-hybridized carbons (Fsp3) is 0.143. The molecule has 1 heterocycles. The zero-order chi connectivity index (χ0) is 14.0. The number of nitrogens with two attached hydrogens (primary N) is 1. The fourth-order valence-electron chi connectivity index (χ4n) is 1.78. The van der Waals surface area contributed by atoms with Crippen LogP contribution in [-0.4, -0.2) is 10.9 Å². The highest BCUT2D eigenvalue weighted by molar-refractivity contribution is 9.10. The maximum absolute atomic E-state index is 12.1. The van der Waals surface area contributed by atoms with Crippen LogP contribution in [0.3, 0.4) is 0 Å². The van der Waals surface area contributed by atoms with Crippen molar-refractivity contribution in [3.8, 4) is 0 Å². The van der Waals surface area contributed by atoms with Crippen molar-refractivity contribution in [1.82, 2.24) is 4.98 Å². The summed E-state index contributed by atoms with van der Waals surface area (Å²) in [5, 5.41) is 2.81. The third-order valence-electron chi connectivity index (χ3n) is 2.62. The van der Waals surface area contributed by atoms with Gasteiger partial charge in [-0.05, 0) is 43.7 Å². The maximum Gasteiger partial charge on any atom is 0.259 e. The first kappa shape index (κ1) is 13.5. The Kier molecular flexibility index (Phi) is 3.85. The van der Waals surface area contributed by atoms with E-state index in [1.54, 1.807) is 6.07 Å². The standard InChI is InChI=1S/C14H14BrN3O/c1-8-3-10(15)6-11(4-8)18-14(19)12-7-17-9(2)5-13(12)16/h3-7H,1-2H3,(H2,16,17)(H,18,19). The van der Waals surface area contributed by atoms with Gasteiger partial charge < -0.3 is 11.1 Å². The number of benzene rings is 1. The number of anilines is 2. The van der Waals surface area contributed by atoms with Gasteiger partial charge in [-0.2, -0.15) is 0 Å². The van der Waals surface area contributed by atoms with Crippen molar-refractivity contribution in [2.75, 3.05) is 11.1 Å². The monoisotopic (exact) mass is 319 g/mol. The van der Waals surface area contributed by atoms with Gasteiger partial charge >= 0.3 is 0 Å². The molecule has 1 aromatic heterocycles. The van der Waals surface area contributed by atoms with Crippen LogP contribution in [0.1, 0.15) is 21.6 Å². The number of hydrogen-bond donors (Lipinski definition) is 2. The van der Waals surface area contributed by atoms with Crippen LogP contribution in [0.15, 0.2) is 34.9 Å². The minimum Gasteiger partial charge on any atom is -0.398 e. The van der Waals surface area contributed by atoms with Gasteiger partial charge in [-0.25, -0.2) is 0 Å². The van der Waals surface area contributed by atoms with Crippen molar-refractivity contribution < 1.29 is 4.79 Å². The molecule has 0 aliphatic heterocycles. The van der Waals surface area contributed by atoms with Crippen LogP contribution in [0, 0.1) is 13.8 Å². The zero-order valence-corrected chi connectivity index (χ0v) is 12.3. The predicted molar refractivity (Wildman–Crippen MR) is 80.2 cm³/mol. The first-order chi connectivity index (χ1) is 8.95. The number of aromatic nitrogens is 1. The number of nitrogens with one attached hydrogen (secondary N) is 1. The quantitative estimate of drug-likeness (QED) is 0.892. The first-order valence-corrected chi connectivity index (χ1v) is 6.55. The highest BCUT2D eigenvalue weighted by Gasteiger charge is 2.11. The predicted octanol–water partition coefficient (Wildman–Crippen LogP) is 3.30. The Morgan fingerprint density at radius 1 is 1.26 bits per heavy atom. The Bertz CT molecular complexity index is 620. The lowest BCUT2D eigenvalue weighted by atomic mass is 10.2. The van der Waals surface area contributed by atoms with Gasteiger partial charge in [-0.3, -0.25) is 9.78 Å². The van der Waals surface area contributed by atoms with Crippen molar-refractivity contribution in [3.63, 3.8) is 0 Å². The molecule has 0 radical (unpaired) electrons. The van der Waals surface area contributed by atoms with Gasteiger partial charge in [0.2, 0.25) is 0 Å². The highest BCUT2D eigenvalue weighted by Crippen LogP contribution is 2.20. The molecule has 0 saturated heterocycles.